The highest BCUT2D eigenvalue weighted by atomic mass is 35.5. The fraction of sp³-hybridized carbons (Fsp3) is 0.562. The van der Waals surface area contributed by atoms with Gasteiger partial charge < -0.3 is 4.43 Å². The maximum Gasteiger partial charge on any atom is 0.192 e. The van der Waals surface area contributed by atoms with Gasteiger partial charge in [-0.05, 0) is 18.1 Å². The van der Waals surface area contributed by atoms with E-state index in [0.717, 1.165) is 5.75 Å². The van der Waals surface area contributed by atoms with Crippen LogP contribution in [0.3, 0.4) is 0 Å². The zero-order valence-corrected chi connectivity index (χ0v) is 16.1. The van der Waals surface area contributed by atoms with Gasteiger partial charge in [-0.15, -0.1) is 23.4 Å². The molecule has 0 aliphatic carbocycles. The van der Waals surface area contributed by atoms with Crippen LogP contribution in [-0.4, -0.2) is 31.2 Å². The van der Waals surface area contributed by atoms with Gasteiger partial charge in [0.25, 0.3) is 0 Å². The van der Waals surface area contributed by atoms with E-state index in [2.05, 4.69) is 33.9 Å². The minimum Gasteiger partial charge on any atom is -0.416 e. The first-order valence-corrected chi connectivity index (χ1v) is 11.5. The Morgan fingerprint density at radius 3 is 2.38 bits per heavy atom. The molecule has 0 fully saturated rings. The molecule has 2 nitrogen and oxygen atoms in total. The molecule has 0 heterocycles. The lowest BCUT2D eigenvalue weighted by Crippen LogP contribution is -2.41. The predicted molar refractivity (Wildman–Crippen MR) is 96.0 cm³/mol. The highest BCUT2D eigenvalue weighted by molar-refractivity contribution is 8.01. The summed E-state index contributed by atoms with van der Waals surface area (Å²) in [5.74, 6) is 0.703. The van der Waals surface area contributed by atoms with Gasteiger partial charge in [0.05, 0.1) is 0 Å². The van der Waals surface area contributed by atoms with Crippen LogP contribution >= 0.6 is 23.4 Å². The van der Waals surface area contributed by atoms with Crippen LogP contribution in [0.5, 0.6) is 0 Å². The number of thioether (sulfide) groups is 1. The maximum absolute atomic E-state index is 12.1. The van der Waals surface area contributed by atoms with Crippen molar-refractivity contribution in [1.29, 1.82) is 0 Å². The summed E-state index contributed by atoms with van der Waals surface area (Å²) in [5.41, 5.74) is 0.662. The Labute approximate surface area is 138 Å². The van der Waals surface area contributed by atoms with Gasteiger partial charge in [0, 0.05) is 17.9 Å². The van der Waals surface area contributed by atoms with Crippen molar-refractivity contribution in [2.75, 3.05) is 12.4 Å². The van der Waals surface area contributed by atoms with E-state index < -0.39 is 13.0 Å². The van der Waals surface area contributed by atoms with Crippen molar-refractivity contribution in [3.8, 4) is 0 Å². The van der Waals surface area contributed by atoms with Crippen molar-refractivity contribution >= 4 is 37.5 Å². The smallest absolute Gasteiger partial charge is 0.192 e. The molecule has 0 bridgehead atoms. The van der Waals surface area contributed by atoms with E-state index in [1.807, 2.05) is 18.2 Å². The molecule has 0 amide bonds. The molecule has 0 radical (unpaired) electrons. The second-order valence-corrected chi connectivity index (χ2v) is 13.2. The third kappa shape index (κ3) is 5.78. The molecule has 1 rings (SSSR count). The normalized spacial score (nSPS) is 14.0. The topological polar surface area (TPSA) is 26.3 Å². The molecule has 118 valence electrons. The number of Topliss-reactive ketones (excluding diaryl/α,β-unsaturated/α-hetero) is 1. The van der Waals surface area contributed by atoms with Crippen LogP contribution in [0.25, 0.3) is 0 Å². The number of halogens is 1. The first-order chi connectivity index (χ1) is 9.65. The zero-order chi connectivity index (χ0) is 16.1. The lowest BCUT2D eigenvalue weighted by molar-refractivity contribution is 0.101. The number of rotatable bonds is 7. The summed E-state index contributed by atoms with van der Waals surface area (Å²) in [7, 11) is -1.71. The number of alkyl halides is 1. The Balaban J connectivity index is 2.38. The highest BCUT2D eigenvalue weighted by Gasteiger charge is 2.36. The summed E-state index contributed by atoms with van der Waals surface area (Å²) in [6, 6.07) is 9.18. The Morgan fingerprint density at radius 2 is 1.86 bits per heavy atom. The van der Waals surface area contributed by atoms with E-state index in [1.165, 1.54) is 11.8 Å². The first-order valence-electron chi connectivity index (χ1n) is 7.14. The molecule has 0 aromatic heterocycles. The lowest BCUT2D eigenvalue weighted by Gasteiger charge is -2.36. The summed E-state index contributed by atoms with van der Waals surface area (Å²) in [6.45, 7) is 11.8. The van der Waals surface area contributed by atoms with E-state index in [0.29, 0.717) is 12.2 Å². The Bertz CT molecular complexity index is 457. The van der Waals surface area contributed by atoms with Crippen molar-refractivity contribution in [2.45, 2.75) is 43.6 Å². The number of hydrogen-bond acceptors (Lipinski definition) is 3. The van der Waals surface area contributed by atoms with Crippen molar-refractivity contribution in [3.63, 3.8) is 0 Å². The number of carbonyl (C=O) groups excluding carboxylic acids is 1. The summed E-state index contributed by atoms with van der Waals surface area (Å²) in [6.07, 6.45) is 0. The van der Waals surface area contributed by atoms with Crippen LogP contribution in [0.1, 0.15) is 31.1 Å². The van der Waals surface area contributed by atoms with Gasteiger partial charge in [0.1, 0.15) is 4.71 Å². The van der Waals surface area contributed by atoms with Gasteiger partial charge in [-0.2, -0.15) is 0 Å². The van der Waals surface area contributed by atoms with E-state index in [1.54, 1.807) is 12.1 Å². The molecule has 1 aromatic rings. The first kappa shape index (κ1) is 18.8. The molecule has 1 unspecified atom stereocenters. The van der Waals surface area contributed by atoms with Crippen LogP contribution in [-0.2, 0) is 4.43 Å². The van der Waals surface area contributed by atoms with Gasteiger partial charge in [0.2, 0.25) is 0 Å². The standard InChI is InChI=1S/C16H25ClO2SSi/c1-16(2,3)21(4,5)19-11-12-20-15(17)14(18)13-9-7-6-8-10-13/h6-10,15H,11-12H2,1-5H3. The Kier molecular flexibility index (Phi) is 6.98. The Hall–Kier alpha value is -0.293. The van der Waals surface area contributed by atoms with Gasteiger partial charge in [-0.25, -0.2) is 0 Å². The van der Waals surface area contributed by atoms with Gasteiger partial charge in [0.15, 0.2) is 14.1 Å². The molecular formula is C16H25ClO2SSi. The van der Waals surface area contributed by atoms with E-state index >= 15 is 0 Å². The van der Waals surface area contributed by atoms with Crippen molar-refractivity contribution in [2.24, 2.45) is 0 Å². The van der Waals surface area contributed by atoms with Crippen LogP contribution in [0, 0.1) is 0 Å². The number of hydrogen-bond donors (Lipinski definition) is 0. The van der Waals surface area contributed by atoms with Crippen LogP contribution in [0.4, 0.5) is 0 Å². The zero-order valence-electron chi connectivity index (χ0n) is 13.5. The molecule has 0 spiro atoms. The summed E-state index contributed by atoms with van der Waals surface area (Å²) >= 11 is 7.62. The average molecular weight is 345 g/mol. The van der Waals surface area contributed by atoms with Crippen LogP contribution in [0.15, 0.2) is 30.3 Å². The number of carbonyl (C=O) groups is 1. The minimum atomic E-state index is -1.71. The van der Waals surface area contributed by atoms with E-state index in [9.17, 15) is 4.79 Å². The quantitative estimate of drug-likeness (QED) is 0.295. The molecule has 0 aliphatic rings. The minimum absolute atomic E-state index is 0.0328. The second-order valence-electron chi connectivity index (χ2n) is 6.53. The monoisotopic (exact) mass is 344 g/mol. The fourth-order valence-electron chi connectivity index (χ4n) is 1.47. The molecule has 1 atom stereocenters. The largest absolute Gasteiger partial charge is 0.416 e. The number of ketones is 1. The van der Waals surface area contributed by atoms with Gasteiger partial charge in [-0.3, -0.25) is 4.79 Å². The molecule has 0 saturated heterocycles. The SMILES string of the molecule is CC(C)(C)[Si](C)(C)OCCSC(Cl)C(=O)c1ccccc1. The molecule has 0 N–H and O–H groups in total. The second kappa shape index (κ2) is 7.81. The van der Waals surface area contributed by atoms with Gasteiger partial charge >= 0.3 is 0 Å². The molecule has 21 heavy (non-hydrogen) atoms. The maximum atomic E-state index is 12.1. The third-order valence-corrected chi connectivity index (χ3v) is 9.90. The summed E-state index contributed by atoms with van der Waals surface area (Å²) in [5, 5.41) is 0.206. The third-order valence-electron chi connectivity index (χ3n) is 3.88. The average Bonchev–Trinajstić information content (AvgIpc) is 2.42. The van der Waals surface area contributed by atoms with Crippen molar-refractivity contribution in [3.05, 3.63) is 35.9 Å². The highest BCUT2D eigenvalue weighted by Crippen LogP contribution is 2.36. The van der Waals surface area contributed by atoms with Gasteiger partial charge in [-0.1, -0.05) is 51.1 Å². The molecule has 1 aromatic carbocycles. The summed E-state index contributed by atoms with van der Waals surface area (Å²) < 4.78 is 5.53. The van der Waals surface area contributed by atoms with Crippen molar-refractivity contribution in [1.82, 2.24) is 0 Å². The molecule has 5 heteroatoms. The molecular weight excluding hydrogens is 320 g/mol. The predicted octanol–water partition coefficient (Wildman–Crippen LogP) is 5.19. The molecule has 0 saturated carbocycles. The number of benzene rings is 1. The fourth-order valence-corrected chi connectivity index (χ4v) is 3.73. The van der Waals surface area contributed by atoms with Crippen LogP contribution < -0.4 is 0 Å². The Morgan fingerprint density at radius 1 is 1.29 bits per heavy atom. The van der Waals surface area contributed by atoms with E-state index in [4.69, 9.17) is 16.0 Å². The lowest BCUT2D eigenvalue weighted by atomic mass is 10.1. The summed E-state index contributed by atoms with van der Waals surface area (Å²) in [4.78, 5) is 12.1. The molecule has 0 aliphatic heterocycles. The van der Waals surface area contributed by atoms with Crippen LogP contribution in [0.2, 0.25) is 18.1 Å². The van der Waals surface area contributed by atoms with E-state index in [-0.39, 0.29) is 10.8 Å². The van der Waals surface area contributed by atoms with Crippen molar-refractivity contribution < 1.29 is 9.22 Å².